The highest BCUT2D eigenvalue weighted by molar-refractivity contribution is 4.95. The lowest BCUT2D eigenvalue weighted by molar-refractivity contribution is -0.0787. The topological polar surface area (TPSA) is 29.5 Å². The van der Waals surface area contributed by atoms with Crippen molar-refractivity contribution >= 4 is 0 Å². The van der Waals surface area contributed by atoms with E-state index in [2.05, 4.69) is 0 Å². The number of rotatable bonds is 1. The average molecular weight is 128 g/mol. The predicted octanol–water partition coefficient (Wildman–Crippen LogP) is 1.41. The standard InChI is InChI=1S/C7H12O2/c1-2-6-4-3-5-7(8)9-6/h4,7-8H,2-3,5H2,1H3. The van der Waals surface area contributed by atoms with Crippen molar-refractivity contribution in [3.63, 3.8) is 0 Å². The van der Waals surface area contributed by atoms with Crippen LogP contribution in [0.15, 0.2) is 11.8 Å². The Morgan fingerprint density at radius 3 is 3.11 bits per heavy atom. The maximum Gasteiger partial charge on any atom is 0.197 e. The molecule has 2 nitrogen and oxygen atoms in total. The van der Waals surface area contributed by atoms with Crippen LogP contribution in [0.2, 0.25) is 0 Å². The molecule has 1 aliphatic heterocycles. The summed E-state index contributed by atoms with van der Waals surface area (Å²) in [7, 11) is 0. The van der Waals surface area contributed by atoms with E-state index in [0.29, 0.717) is 0 Å². The minimum absolute atomic E-state index is 0.551. The number of ether oxygens (including phenoxy) is 1. The maximum atomic E-state index is 8.95. The molecule has 2 heteroatoms. The van der Waals surface area contributed by atoms with Crippen molar-refractivity contribution in [3.05, 3.63) is 11.8 Å². The highest BCUT2D eigenvalue weighted by Crippen LogP contribution is 2.16. The van der Waals surface area contributed by atoms with E-state index < -0.39 is 6.29 Å². The van der Waals surface area contributed by atoms with Crippen molar-refractivity contribution in [2.45, 2.75) is 32.5 Å². The van der Waals surface area contributed by atoms with Crippen LogP contribution in [0.1, 0.15) is 26.2 Å². The second kappa shape index (κ2) is 2.87. The van der Waals surface area contributed by atoms with Gasteiger partial charge in [0.1, 0.15) is 0 Å². The van der Waals surface area contributed by atoms with Crippen LogP contribution >= 0.6 is 0 Å². The quantitative estimate of drug-likeness (QED) is 0.578. The van der Waals surface area contributed by atoms with Gasteiger partial charge in [-0.3, -0.25) is 0 Å². The summed E-state index contributed by atoms with van der Waals surface area (Å²) in [4.78, 5) is 0. The van der Waals surface area contributed by atoms with Crippen molar-refractivity contribution in [1.82, 2.24) is 0 Å². The Bertz CT molecular complexity index is 118. The van der Waals surface area contributed by atoms with E-state index in [9.17, 15) is 0 Å². The Labute approximate surface area is 55.1 Å². The van der Waals surface area contributed by atoms with Crippen LogP contribution < -0.4 is 0 Å². The highest BCUT2D eigenvalue weighted by Gasteiger charge is 2.10. The number of aliphatic hydroxyl groups excluding tert-OH is 1. The van der Waals surface area contributed by atoms with Crippen molar-refractivity contribution in [3.8, 4) is 0 Å². The Morgan fingerprint density at radius 1 is 1.89 bits per heavy atom. The molecule has 0 bridgehead atoms. The van der Waals surface area contributed by atoms with Crippen LogP contribution in [0.25, 0.3) is 0 Å². The zero-order chi connectivity index (χ0) is 6.69. The Hall–Kier alpha value is -0.500. The van der Waals surface area contributed by atoms with E-state index in [1.807, 2.05) is 13.0 Å². The van der Waals surface area contributed by atoms with Gasteiger partial charge in [0.05, 0.1) is 5.76 Å². The number of allylic oxidation sites excluding steroid dienone is 2. The van der Waals surface area contributed by atoms with Crippen LogP contribution in [0.4, 0.5) is 0 Å². The van der Waals surface area contributed by atoms with E-state index >= 15 is 0 Å². The molecule has 0 fully saturated rings. The first kappa shape index (κ1) is 6.62. The molecule has 0 spiro atoms. The molecule has 1 aliphatic rings. The molecule has 52 valence electrons. The first-order chi connectivity index (χ1) is 4.33. The summed E-state index contributed by atoms with van der Waals surface area (Å²) < 4.78 is 5.05. The summed E-state index contributed by atoms with van der Waals surface area (Å²) in [5.41, 5.74) is 0. The molecule has 0 amide bonds. The molecule has 1 heterocycles. The molecule has 0 saturated carbocycles. The molecule has 1 atom stereocenters. The normalized spacial score (nSPS) is 26.9. The third-order valence-corrected chi connectivity index (χ3v) is 1.42. The molecule has 1 unspecified atom stereocenters. The van der Waals surface area contributed by atoms with Crippen LogP contribution in [0.3, 0.4) is 0 Å². The number of aliphatic hydroxyl groups is 1. The lowest BCUT2D eigenvalue weighted by atomic mass is 10.2. The molecular formula is C7H12O2. The molecule has 1 N–H and O–H groups in total. The lowest BCUT2D eigenvalue weighted by Crippen LogP contribution is -2.14. The molecule has 0 saturated heterocycles. The fraction of sp³-hybridized carbons (Fsp3) is 0.714. The molecule has 9 heavy (non-hydrogen) atoms. The third kappa shape index (κ3) is 1.72. The summed E-state index contributed by atoms with van der Waals surface area (Å²) in [5, 5.41) is 8.95. The monoisotopic (exact) mass is 128 g/mol. The van der Waals surface area contributed by atoms with Crippen molar-refractivity contribution < 1.29 is 9.84 Å². The van der Waals surface area contributed by atoms with Crippen molar-refractivity contribution in [2.24, 2.45) is 0 Å². The Kier molecular flexibility index (Phi) is 2.11. The smallest absolute Gasteiger partial charge is 0.197 e. The lowest BCUT2D eigenvalue weighted by Gasteiger charge is -2.18. The number of hydrogen-bond acceptors (Lipinski definition) is 2. The first-order valence-corrected chi connectivity index (χ1v) is 3.36. The second-order valence-corrected chi connectivity index (χ2v) is 2.17. The van der Waals surface area contributed by atoms with Gasteiger partial charge in [0, 0.05) is 12.8 Å². The SMILES string of the molecule is CCC1=CCCC(O)O1. The van der Waals surface area contributed by atoms with Crippen molar-refractivity contribution in [1.29, 1.82) is 0 Å². The molecule has 0 radical (unpaired) electrons. The van der Waals surface area contributed by atoms with Gasteiger partial charge in [0.2, 0.25) is 0 Å². The first-order valence-electron chi connectivity index (χ1n) is 3.36. The number of hydrogen-bond donors (Lipinski definition) is 1. The van der Waals surface area contributed by atoms with Gasteiger partial charge in [-0.25, -0.2) is 0 Å². The zero-order valence-corrected chi connectivity index (χ0v) is 5.63. The zero-order valence-electron chi connectivity index (χ0n) is 5.63. The van der Waals surface area contributed by atoms with Gasteiger partial charge in [0.25, 0.3) is 0 Å². The van der Waals surface area contributed by atoms with Crippen LogP contribution in [-0.4, -0.2) is 11.4 Å². The summed E-state index contributed by atoms with van der Waals surface area (Å²) in [6.45, 7) is 2.02. The van der Waals surface area contributed by atoms with E-state index in [4.69, 9.17) is 9.84 Å². The Balaban J connectivity index is 2.43. The molecular weight excluding hydrogens is 116 g/mol. The third-order valence-electron chi connectivity index (χ3n) is 1.42. The van der Waals surface area contributed by atoms with Gasteiger partial charge in [-0.2, -0.15) is 0 Å². The van der Waals surface area contributed by atoms with E-state index in [0.717, 1.165) is 25.0 Å². The van der Waals surface area contributed by atoms with E-state index in [1.165, 1.54) is 0 Å². The van der Waals surface area contributed by atoms with Gasteiger partial charge in [-0.15, -0.1) is 0 Å². The van der Waals surface area contributed by atoms with E-state index in [-0.39, 0.29) is 0 Å². The van der Waals surface area contributed by atoms with Crippen LogP contribution in [-0.2, 0) is 4.74 Å². The van der Waals surface area contributed by atoms with Gasteiger partial charge in [-0.05, 0) is 12.5 Å². The van der Waals surface area contributed by atoms with Crippen LogP contribution in [0, 0.1) is 0 Å². The van der Waals surface area contributed by atoms with Crippen LogP contribution in [0.5, 0.6) is 0 Å². The van der Waals surface area contributed by atoms with E-state index in [1.54, 1.807) is 0 Å². The van der Waals surface area contributed by atoms with Gasteiger partial charge < -0.3 is 9.84 Å². The highest BCUT2D eigenvalue weighted by atomic mass is 16.6. The van der Waals surface area contributed by atoms with Gasteiger partial charge in [-0.1, -0.05) is 6.92 Å². The summed E-state index contributed by atoms with van der Waals surface area (Å²) in [6, 6.07) is 0. The largest absolute Gasteiger partial charge is 0.470 e. The second-order valence-electron chi connectivity index (χ2n) is 2.17. The minimum Gasteiger partial charge on any atom is -0.470 e. The maximum absolute atomic E-state index is 8.95. The van der Waals surface area contributed by atoms with Crippen molar-refractivity contribution in [2.75, 3.05) is 0 Å². The fourth-order valence-corrected chi connectivity index (χ4v) is 0.896. The summed E-state index contributed by atoms with van der Waals surface area (Å²) in [6.07, 6.45) is 4.06. The Morgan fingerprint density at radius 2 is 2.67 bits per heavy atom. The molecule has 0 aromatic carbocycles. The average Bonchev–Trinajstić information content (AvgIpc) is 1.88. The predicted molar refractivity (Wildman–Crippen MR) is 34.7 cm³/mol. The molecule has 0 aromatic rings. The molecule has 0 aromatic heterocycles. The summed E-state index contributed by atoms with van der Waals surface area (Å²) >= 11 is 0. The minimum atomic E-state index is -0.551. The molecule has 1 rings (SSSR count). The van der Waals surface area contributed by atoms with Gasteiger partial charge in [0.15, 0.2) is 6.29 Å². The fourth-order valence-electron chi connectivity index (χ4n) is 0.896. The van der Waals surface area contributed by atoms with Gasteiger partial charge >= 0.3 is 0 Å². The molecule has 0 aliphatic carbocycles. The summed E-state index contributed by atoms with van der Waals surface area (Å²) in [5.74, 6) is 0.925.